The molecule has 0 bridgehead atoms. The number of H-pyrrole nitrogens is 1. The van der Waals surface area contributed by atoms with E-state index in [2.05, 4.69) is 32.0 Å². The molecule has 29 heavy (non-hydrogen) atoms. The van der Waals surface area contributed by atoms with E-state index >= 15 is 0 Å². The van der Waals surface area contributed by atoms with Gasteiger partial charge in [0.25, 0.3) is 0 Å². The zero-order chi connectivity index (χ0) is 19.6. The Hall–Kier alpha value is -3.06. The molecule has 0 amide bonds. The molecule has 1 atom stereocenters. The van der Waals surface area contributed by atoms with Crippen LogP contribution >= 0.6 is 0 Å². The maximum Gasteiger partial charge on any atom is 0.164 e. The Morgan fingerprint density at radius 3 is 2.90 bits per heavy atom. The van der Waals surface area contributed by atoms with E-state index in [1.54, 1.807) is 19.6 Å². The summed E-state index contributed by atoms with van der Waals surface area (Å²) >= 11 is 0. The minimum absolute atomic E-state index is 0.0411. The molecule has 0 saturated carbocycles. The fourth-order valence-corrected chi connectivity index (χ4v) is 4.17. The molecule has 0 aliphatic carbocycles. The van der Waals surface area contributed by atoms with Crippen LogP contribution in [0.25, 0.3) is 0 Å². The van der Waals surface area contributed by atoms with E-state index in [4.69, 9.17) is 14.2 Å². The molecule has 2 aliphatic heterocycles. The average molecular weight is 392 g/mol. The van der Waals surface area contributed by atoms with Crippen LogP contribution in [0.3, 0.4) is 0 Å². The predicted molar refractivity (Wildman–Crippen MR) is 107 cm³/mol. The molecule has 0 saturated heterocycles. The van der Waals surface area contributed by atoms with Gasteiger partial charge in [0.2, 0.25) is 0 Å². The lowest BCUT2D eigenvalue weighted by molar-refractivity contribution is 0.197. The Balaban J connectivity index is 1.51. The van der Waals surface area contributed by atoms with Crippen molar-refractivity contribution in [3.05, 3.63) is 65.5 Å². The van der Waals surface area contributed by atoms with Gasteiger partial charge >= 0.3 is 0 Å². The maximum atomic E-state index is 5.91. The standard InChI is InChI=1S/C22H24N4O3/c1-27-18-11-20-19(28-8-3-9-29-20)10-16(18)13-26-7-5-17-21(25-14-24-17)22(26)15-4-2-6-23-12-15/h2,4,6,10-12,14,22H,3,5,7-9,13H2,1H3,(H,24,25). The molecule has 0 fully saturated rings. The molecule has 3 aromatic rings. The highest BCUT2D eigenvalue weighted by Gasteiger charge is 2.32. The fourth-order valence-electron chi connectivity index (χ4n) is 4.17. The number of benzene rings is 1. The molecule has 1 aromatic carbocycles. The summed E-state index contributed by atoms with van der Waals surface area (Å²) in [6.45, 7) is 2.95. The van der Waals surface area contributed by atoms with Crippen LogP contribution in [0.4, 0.5) is 0 Å². The summed E-state index contributed by atoms with van der Waals surface area (Å²) < 4.78 is 17.4. The van der Waals surface area contributed by atoms with Gasteiger partial charge in [0.1, 0.15) is 5.75 Å². The van der Waals surface area contributed by atoms with Gasteiger partial charge in [0, 0.05) is 55.6 Å². The van der Waals surface area contributed by atoms with Crippen molar-refractivity contribution in [2.24, 2.45) is 0 Å². The number of aromatic nitrogens is 3. The van der Waals surface area contributed by atoms with Crippen LogP contribution in [0.5, 0.6) is 17.2 Å². The summed E-state index contributed by atoms with van der Waals surface area (Å²) in [6.07, 6.45) is 7.32. The van der Waals surface area contributed by atoms with Gasteiger partial charge in [-0.05, 0) is 17.7 Å². The molecular weight excluding hydrogens is 368 g/mol. The van der Waals surface area contributed by atoms with Crippen molar-refractivity contribution < 1.29 is 14.2 Å². The molecule has 1 N–H and O–H groups in total. The first kappa shape index (κ1) is 18.0. The van der Waals surface area contributed by atoms with Crippen LogP contribution in [-0.4, -0.2) is 46.7 Å². The zero-order valence-corrected chi connectivity index (χ0v) is 16.4. The van der Waals surface area contributed by atoms with Gasteiger partial charge in [-0.1, -0.05) is 6.07 Å². The largest absolute Gasteiger partial charge is 0.496 e. The molecule has 2 aliphatic rings. The normalized spacial score (nSPS) is 18.7. The number of ether oxygens (including phenoxy) is 3. The molecule has 7 nitrogen and oxygen atoms in total. The third-order valence-corrected chi connectivity index (χ3v) is 5.55. The summed E-state index contributed by atoms with van der Waals surface area (Å²) in [5.74, 6) is 2.35. The Morgan fingerprint density at radius 1 is 1.24 bits per heavy atom. The van der Waals surface area contributed by atoms with Gasteiger partial charge in [-0.3, -0.25) is 9.88 Å². The first-order valence-electron chi connectivity index (χ1n) is 9.96. The first-order chi connectivity index (χ1) is 14.3. The molecule has 0 radical (unpaired) electrons. The van der Waals surface area contributed by atoms with Gasteiger partial charge < -0.3 is 19.2 Å². The Labute approximate surface area is 169 Å². The third-order valence-electron chi connectivity index (χ3n) is 5.55. The fraction of sp³-hybridized carbons (Fsp3) is 0.364. The second kappa shape index (κ2) is 7.75. The quantitative estimate of drug-likeness (QED) is 0.736. The summed E-state index contributed by atoms with van der Waals surface area (Å²) in [5, 5.41) is 0. The van der Waals surface area contributed by atoms with E-state index in [0.717, 1.165) is 53.5 Å². The van der Waals surface area contributed by atoms with Crippen molar-refractivity contribution in [3.8, 4) is 17.2 Å². The van der Waals surface area contributed by atoms with Crippen LogP contribution in [-0.2, 0) is 13.0 Å². The van der Waals surface area contributed by atoms with Crippen molar-refractivity contribution in [1.29, 1.82) is 0 Å². The van der Waals surface area contributed by atoms with Crippen molar-refractivity contribution in [3.63, 3.8) is 0 Å². The maximum absolute atomic E-state index is 5.91. The van der Waals surface area contributed by atoms with Crippen molar-refractivity contribution in [1.82, 2.24) is 19.9 Å². The zero-order valence-electron chi connectivity index (χ0n) is 16.4. The molecule has 0 spiro atoms. The van der Waals surface area contributed by atoms with Gasteiger partial charge in [0.05, 0.1) is 38.4 Å². The van der Waals surface area contributed by atoms with E-state index in [1.807, 2.05) is 18.3 Å². The molecule has 1 unspecified atom stereocenters. The van der Waals surface area contributed by atoms with Crippen molar-refractivity contribution in [2.75, 3.05) is 26.9 Å². The molecule has 2 aromatic heterocycles. The number of nitrogens with zero attached hydrogens (tertiary/aromatic N) is 3. The van der Waals surface area contributed by atoms with E-state index in [9.17, 15) is 0 Å². The molecule has 4 heterocycles. The molecule has 150 valence electrons. The number of rotatable bonds is 4. The average Bonchev–Trinajstić information content (AvgIpc) is 3.12. The van der Waals surface area contributed by atoms with Crippen LogP contribution < -0.4 is 14.2 Å². The van der Waals surface area contributed by atoms with E-state index in [1.165, 1.54) is 5.69 Å². The minimum atomic E-state index is 0.0411. The van der Waals surface area contributed by atoms with Gasteiger partial charge in [-0.2, -0.15) is 0 Å². The Morgan fingerprint density at radius 2 is 2.10 bits per heavy atom. The lowest BCUT2D eigenvalue weighted by Crippen LogP contribution is -2.36. The number of hydrogen-bond donors (Lipinski definition) is 1. The smallest absolute Gasteiger partial charge is 0.164 e. The topological polar surface area (TPSA) is 72.5 Å². The lowest BCUT2D eigenvalue weighted by atomic mass is 9.96. The van der Waals surface area contributed by atoms with Crippen LogP contribution in [0.2, 0.25) is 0 Å². The second-order valence-electron chi connectivity index (χ2n) is 7.34. The minimum Gasteiger partial charge on any atom is -0.496 e. The van der Waals surface area contributed by atoms with Crippen molar-refractivity contribution in [2.45, 2.75) is 25.4 Å². The molecule has 7 heteroatoms. The summed E-state index contributed by atoms with van der Waals surface area (Å²) in [7, 11) is 1.70. The highest BCUT2D eigenvalue weighted by Crippen LogP contribution is 2.39. The summed E-state index contributed by atoms with van der Waals surface area (Å²) in [4.78, 5) is 14.7. The monoisotopic (exact) mass is 392 g/mol. The summed E-state index contributed by atoms with van der Waals surface area (Å²) in [5.41, 5.74) is 4.47. The summed E-state index contributed by atoms with van der Waals surface area (Å²) in [6, 6.07) is 8.13. The number of methoxy groups -OCH3 is 1. The number of aromatic amines is 1. The highest BCUT2D eigenvalue weighted by atomic mass is 16.5. The number of fused-ring (bicyclic) bond motifs is 2. The first-order valence-corrected chi connectivity index (χ1v) is 9.96. The highest BCUT2D eigenvalue weighted by molar-refractivity contribution is 5.51. The van der Waals surface area contributed by atoms with Crippen molar-refractivity contribution >= 4 is 0 Å². The number of hydrogen-bond acceptors (Lipinski definition) is 6. The Kier molecular flexibility index (Phi) is 4.81. The lowest BCUT2D eigenvalue weighted by Gasteiger charge is -2.35. The van der Waals surface area contributed by atoms with E-state index < -0.39 is 0 Å². The molecular formula is C22H24N4O3. The van der Waals surface area contributed by atoms with Gasteiger partial charge in [-0.15, -0.1) is 0 Å². The third kappa shape index (κ3) is 3.42. The van der Waals surface area contributed by atoms with Gasteiger partial charge in [0.15, 0.2) is 11.5 Å². The van der Waals surface area contributed by atoms with Crippen LogP contribution in [0, 0.1) is 0 Å². The second-order valence-corrected chi connectivity index (χ2v) is 7.34. The van der Waals surface area contributed by atoms with Crippen LogP contribution in [0.1, 0.15) is 35.0 Å². The van der Waals surface area contributed by atoms with E-state index in [-0.39, 0.29) is 6.04 Å². The number of nitrogens with one attached hydrogen (secondary N) is 1. The van der Waals surface area contributed by atoms with Crippen LogP contribution in [0.15, 0.2) is 43.0 Å². The van der Waals surface area contributed by atoms with Gasteiger partial charge in [-0.25, -0.2) is 4.98 Å². The van der Waals surface area contributed by atoms with E-state index in [0.29, 0.717) is 19.8 Å². The molecule has 5 rings (SSSR count). The number of pyridine rings is 1. The Bertz CT molecular complexity index is 989. The predicted octanol–water partition coefficient (Wildman–Crippen LogP) is 3.12. The SMILES string of the molecule is COc1cc2c(cc1CN1CCc3[nH]cnc3C1c1cccnc1)OCCCO2. The number of imidazole rings is 1.